The van der Waals surface area contributed by atoms with Crippen LogP contribution in [0.5, 0.6) is 0 Å². The summed E-state index contributed by atoms with van der Waals surface area (Å²) in [6, 6.07) is 4.17. The van der Waals surface area contributed by atoms with Crippen molar-refractivity contribution in [2.45, 2.75) is 20.8 Å². The zero-order chi connectivity index (χ0) is 11.5. The molecule has 5 heteroatoms. The summed E-state index contributed by atoms with van der Waals surface area (Å²) in [5, 5.41) is 14.5. The van der Waals surface area contributed by atoms with Gasteiger partial charge in [0.15, 0.2) is 0 Å². The standard InChI is InChI=1S/C11H13N5/c1-7-4-8(2)10(9(3)5-7)14-16-11-12-6-13-15-11/h4-6H,1-3H3,(H,12,13,15). The minimum Gasteiger partial charge on any atom is -0.242 e. The van der Waals surface area contributed by atoms with Crippen molar-refractivity contribution in [1.29, 1.82) is 0 Å². The van der Waals surface area contributed by atoms with Gasteiger partial charge in [-0.25, -0.2) is 5.10 Å². The number of nitrogens with one attached hydrogen (secondary N) is 1. The fourth-order valence-corrected chi connectivity index (χ4v) is 1.67. The molecule has 0 unspecified atom stereocenters. The van der Waals surface area contributed by atoms with E-state index >= 15 is 0 Å². The molecular formula is C11H13N5. The molecule has 0 spiro atoms. The molecule has 0 radical (unpaired) electrons. The van der Waals surface area contributed by atoms with Gasteiger partial charge in [-0.05, 0) is 31.9 Å². The molecule has 5 nitrogen and oxygen atoms in total. The van der Waals surface area contributed by atoms with E-state index in [2.05, 4.69) is 44.5 Å². The second kappa shape index (κ2) is 4.22. The highest BCUT2D eigenvalue weighted by Crippen LogP contribution is 2.26. The Morgan fingerprint density at radius 2 is 1.75 bits per heavy atom. The van der Waals surface area contributed by atoms with Gasteiger partial charge in [-0.1, -0.05) is 17.7 Å². The van der Waals surface area contributed by atoms with Gasteiger partial charge in [-0.15, -0.1) is 10.2 Å². The van der Waals surface area contributed by atoms with E-state index in [0.29, 0.717) is 5.95 Å². The zero-order valence-corrected chi connectivity index (χ0v) is 9.52. The van der Waals surface area contributed by atoms with E-state index in [1.807, 2.05) is 13.8 Å². The van der Waals surface area contributed by atoms with Crippen molar-refractivity contribution in [3.05, 3.63) is 35.2 Å². The maximum absolute atomic E-state index is 4.18. The van der Waals surface area contributed by atoms with Gasteiger partial charge >= 0.3 is 0 Å². The minimum absolute atomic E-state index is 0.416. The number of aryl methyl sites for hydroxylation is 3. The molecule has 0 aliphatic heterocycles. The normalized spacial score (nSPS) is 11.2. The number of rotatable bonds is 2. The van der Waals surface area contributed by atoms with Crippen molar-refractivity contribution in [1.82, 2.24) is 15.2 Å². The van der Waals surface area contributed by atoms with Gasteiger partial charge in [0.1, 0.15) is 6.33 Å². The summed E-state index contributed by atoms with van der Waals surface area (Å²) in [5.74, 6) is 0.416. The second-order valence-electron chi connectivity index (χ2n) is 3.76. The predicted molar refractivity (Wildman–Crippen MR) is 61.2 cm³/mol. The molecule has 0 saturated carbocycles. The van der Waals surface area contributed by atoms with Crippen molar-refractivity contribution < 1.29 is 0 Å². The van der Waals surface area contributed by atoms with Gasteiger partial charge in [0.2, 0.25) is 0 Å². The lowest BCUT2D eigenvalue weighted by Crippen LogP contribution is -1.82. The van der Waals surface area contributed by atoms with Gasteiger partial charge in [0.25, 0.3) is 5.95 Å². The Labute approximate surface area is 93.6 Å². The highest BCUT2D eigenvalue weighted by Gasteiger charge is 2.02. The third kappa shape index (κ3) is 2.13. The Morgan fingerprint density at radius 3 is 2.31 bits per heavy atom. The van der Waals surface area contributed by atoms with E-state index in [1.165, 1.54) is 11.9 Å². The Bertz CT molecular complexity index is 490. The topological polar surface area (TPSA) is 66.3 Å². The molecule has 1 N–H and O–H groups in total. The van der Waals surface area contributed by atoms with Crippen LogP contribution in [0.2, 0.25) is 0 Å². The monoisotopic (exact) mass is 215 g/mol. The average molecular weight is 215 g/mol. The fraction of sp³-hybridized carbons (Fsp3) is 0.273. The molecule has 0 amide bonds. The molecule has 1 aromatic heterocycles. The Morgan fingerprint density at radius 1 is 1.06 bits per heavy atom. The summed E-state index contributed by atoms with van der Waals surface area (Å²) < 4.78 is 0. The van der Waals surface area contributed by atoms with Crippen molar-refractivity contribution >= 4 is 11.6 Å². The zero-order valence-electron chi connectivity index (χ0n) is 9.52. The summed E-state index contributed by atoms with van der Waals surface area (Å²) in [7, 11) is 0. The maximum Gasteiger partial charge on any atom is 0.264 e. The Balaban J connectivity index is 2.35. The highest BCUT2D eigenvalue weighted by molar-refractivity contribution is 5.53. The van der Waals surface area contributed by atoms with Crippen molar-refractivity contribution in [3.63, 3.8) is 0 Å². The molecular weight excluding hydrogens is 202 g/mol. The Hall–Kier alpha value is -2.04. The van der Waals surface area contributed by atoms with Crippen LogP contribution in [0.15, 0.2) is 28.7 Å². The maximum atomic E-state index is 4.18. The first-order valence-corrected chi connectivity index (χ1v) is 5.02. The van der Waals surface area contributed by atoms with Crippen LogP contribution in [0.4, 0.5) is 11.6 Å². The second-order valence-corrected chi connectivity index (χ2v) is 3.76. The predicted octanol–water partition coefficient (Wildman–Crippen LogP) is 3.15. The molecule has 0 fully saturated rings. The number of azo groups is 1. The van der Waals surface area contributed by atoms with Crippen LogP contribution in [-0.2, 0) is 0 Å². The van der Waals surface area contributed by atoms with Gasteiger partial charge in [0.05, 0.1) is 5.69 Å². The van der Waals surface area contributed by atoms with Gasteiger partial charge < -0.3 is 0 Å². The third-order valence-corrected chi connectivity index (χ3v) is 2.28. The smallest absolute Gasteiger partial charge is 0.242 e. The first-order chi connectivity index (χ1) is 7.66. The first-order valence-electron chi connectivity index (χ1n) is 5.02. The molecule has 82 valence electrons. The summed E-state index contributed by atoms with van der Waals surface area (Å²) in [5.41, 5.74) is 4.34. The summed E-state index contributed by atoms with van der Waals surface area (Å²) in [4.78, 5) is 3.88. The molecule has 2 aromatic rings. The van der Waals surface area contributed by atoms with Crippen LogP contribution in [0.25, 0.3) is 0 Å². The fourth-order valence-electron chi connectivity index (χ4n) is 1.67. The molecule has 0 aliphatic carbocycles. The van der Waals surface area contributed by atoms with Gasteiger partial charge in [-0.3, -0.25) is 0 Å². The van der Waals surface area contributed by atoms with Crippen LogP contribution in [-0.4, -0.2) is 15.2 Å². The number of aromatic nitrogens is 3. The van der Waals surface area contributed by atoms with Crippen LogP contribution < -0.4 is 0 Å². The van der Waals surface area contributed by atoms with Crippen LogP contribution >= 0.6 is 0 Å². The van der Waals surface area contributed by atoms with E-state index in [1.54, 1.807) is 0 Å². The number of aromatic amines is 1. The number of benzene rings is 1. The van der Waals surface area contributed by atoms with E-state index in [4.69, 9.17) is 0 Å². The van der Waals surface area contributed by atoms with Crippen LogP contribution in [0.3, 0.4) is 0 Å². The largest absolute Gasteiger partial charge is 0.264 e. The number of hydrogen-bond acceptors (Lipinski definition) is 4. The SMILES string of the molecule is Cc1cc(C)c(N=Nc2ncn[nH]2)c(C)c1. The van der Waals surface area contributed by atoms with E-state index < -0.39 is 0 Å². The van der Waals surface area contributed by atoms with Crippen molar-refractivity contribution in [3.8, 4) is 0 Å². The molecule has 1 aromatic carbocycles. The number of hydrogen-bond donors (Lipinski definition) is 1. The molecule has 2 rings (SSSR count). The third-order valence-electron chi connectivity index (χ3n) is 2.28. The van der Waals surface area contributed by atoms with E-state index in [-0.39, 0.29) is 0 Å². The molecule has 0 atom stereocenters. The summed E-state index contributed by atoms with van der Waals surface area (Å²) >= 11 is 0. The van der Waals surface area contributed by atoms with Crippen LogP contribution in [0.1, 0.15) is 16.7 Å². The minimum atomic E-state index is 0.416. The summed E-state index contributed by atoms with van der Waals surface area (Å²) in [6.45, 7) is 6.11. The lowest BCUT2D eigenvalue weighted by atomic mass is 10.1. The van der Waals surface area contributed by atoms with Gasteiger partial charge in [-0.2, -0.15) is 10.1 Å². The highest BCUT2D eigenvalue weighted by atomic mass is 15.3. The summed E-state index contributed by atoms with van der Waals surface area (Å²) in [6.07, 6.45) is 1.41. The quantitative estimate of drug-likeness (QED) is 0.782. The molecule has 0 bridgehead atoms. The lowest BCUT2D eigenvalue weighted by molar-refractivity contribution is 1.04. The van der Waals surface area contributed by atoms with E-state index in [0.717, 1.165) is 16.8 Å². The number of nitrogens with zero attached hydrogens (tertiary/aromatic N) is 4. The van der Waals surface area contributed by atoms with Crippen LogP contribution in [0, 0.1) is 20.8 Å². The lowest BCUT2D eigenvalue weighted by Gasteiger charge is -2.04. The van der Waals surface area contributed by atoms with Gasteiger partial charge in [0, 0.05) is 0 Å². The molecule has 16 heavy (non-hydrogen) atoms. The van der Waals surface area contributed by atoms with Crippen molar-refractivity contribution in [2.24, 2.45) is 10.2 Å². The molecule has 0 saturated heterocycles. The Kier molecular flexibility index (Phi) is 2.76. The average Bonchev–Trinajstić information content (AvgIpc) is 2.68. The number of H-pyrrole nitrogens is 1. The first kappa shape index (κ1) is 10.5. The van der Waals surface area contributed by atoms with E-state index in [9.17, 15) is 0 Å². The molecule has 0 aliphatic rings. The molecule has 1 heterocycles. The van der Waals surface area contributed by atoms with Crippen molar-refractivity contribution in [2.75, 3.05) is 0 Å².